The molecule has 1 saturated heterocycles. The highest BCUT2D eigenvalue weighted by molar-refractivity contribution is 5.83. The second kappa shape index (κ2) is 10.1. The summed E-state index contributed by atoms with van der Waals surface area (Å²) in [6, 6.07) is 14.6. The van der Waals surface area contributed by atoms with Gasteiger partial charge in [0.1, 0.15) is 11.5 Å². The van der Waals surface area contributed by atoms with Crippen LogP contribution in [0.2, 0.25) is 0 Å². The molecule has 0 atom stereocenters. The molecule has 3 aromatic rings. The van der Waals surface area contributed by atoms with E-state index in [0.717, 1.165) is 62.4 Å². The predicted molar refractivity (Wildman–Crippen MR) is 126 cm³/mol. The van der Waals surface area contributed by atoms with Crippen molar-refractivity contribution in [3.8, 4) is 5.75 Å². The van der Waals surface area contributed by atoms with E-state index in [0.29, 0.717) is 18.6 Å². The van der Waals surface area contributed by atoms with Crippen molar-refractivity contribution >= 4 is 16.7 Å². The van der Waals surface area contributed by atoms with Crippen LogP contribution in [0, 0.1) is 0 Å². The van der Waals surface area contributed by atoms with Gasteiger partial charge in [-0.1, -0.05) is 24.3 Å². The van der Waals surface area contributed by atoms with Gasteiger partial charge in [-0.25, -0.2) is 0 Å². The molecular weight excluding hydrogens is 386 g/mol. The number of methoxy groups -OCH3 is 1. The first-order valence-electron chi connectivity index (χ1n) is 11.2. The van der Waals surface area contributed by atoms with Crippen molar-refractivity contribution in [2.24, 2.45) is 0 Å². The molecule has 164 valence electrons. The van der Waals surface area contributed by atoms with E-state index in [9.17, 15) is 4.79 Å². The first kappa shape index (κ1) is 21.6. The Morgan fingerprint density at radius 3 is 2.65 bits per heavy atom. The molecule has 0 saturated carbocycles. The molecular formula is C26H33N3O2. The molecule has 1 aliphatic rings. The third-order valence-electron chi connectivity index (χ3n) is 6.26. The summed E-state index contributed by atoms with van der Waals surface area (Å²) in [6.07, 6.45) is 4.94. The minimum absolute atomic E-state index is 0.306. The molecule has 0 bridgehead atoms. The van der Waals surface area contributed by atoms with Gasteiger partial charge in [-0.3, -0.25) is 4.79 Å². The highest BCUT2D eigenvalue weighted by Gasteiger charge is 2.14. The van der Waals surface area contributed by atoms with Crippen molar-refractivity contribution in [3.63, 3.8) is 0 Å². The average Bonchev–Trinajstić information content (AvgIpc) is 3.18. The van der Waals surface area contributed by atoms with E-state index < -0.39 is 0 Å². The number of piperazine rings is 1. The number of nitrogens with one attached hydrogen (secondary N) is 1. The van der Waals surface area contributed by atoms with Gasteiger partial charge in [0.15, 0.2) is 0 Å². The maximum atomic E-state index is 12.6. The molecule has 2 heterocycles. The number of nitrogens with zero attached hydrogens (tertiary/aromatic N) is 2. The molecule has 4 rings (SSSR count). The number of ketones is 1. The van der Waals surface area contributed by atoms with Crippen LogP contribution in [0.1, 0.15) is 29.5 Å². The Hall–Kier alpha value is -2.63. The minimum atomic E-state index is 0.306. The summed E-state index contributed by atoms with van der Waals surface area (Å²) in [5.74, 6) is 1.12. The van der Waals surface area contributed by atoms with Gasteiger partial charge in [-0.05, 0) is 61.3 Å². The van der Waals surface area contributed by atoms with E-state index in [4.69, 9.17) is 4.74 Å². The summed E-state index contributed by atoms with van der Waals surface area (Å²) in [4.78, 5) is 20.8. The van der Waals surface area contributed by atoms with Crippen molar-refractivity contribution in [1.82, 2.24) is 14.8 Å². The number of rotatable bonds is 9. The SMILES string of the molecule is COc1cc(CC(=O)CCCN2CCN(C)CC2)cc(Cc2c[nH]c3ccccc23)c1. The molecule has 31 heavy (non-hydrogen) atoms. The van der Waals surface area contributed by atoms with Crippen LogP contribution in [-0.2, 0) is 17.6 Å². The van der Waals surface area contributed by atoms with Crippen LogP contribution in [0.15, 0.2) is 48.7 Å². The van der Waals surface area contributed by atoms with E-state index in [1.807, 2.05) is 12.1 Å². The number of aromatic nitrogens is 1. The second-order valence-electron chi connectivity index (χ2n) is 8.69. The van der Waals surface area contributed by atoms with Crippen molar-refractivity contribution in [2.45, 2.75) is 25.7 Å². The summed E-state index contributed by atoms with van der Waals surface area (Å²) < 4.78 is 5.52. The number of ether oxygens (including phenoxy) is 1. The zero-order valence-corrected chi connectivity index (χ0v) is 18.7. The maximum Gasteiger partial charge on any atom is 0.137 e. The molecule has 1 aliphatic heterocycles. The van der Waals surface area contributed by atoms with Crippen LogP contribution in [0.5, 0.6) is 5.75 Å². The highest BCUT2D eigenvalue weighted by atomic mass is 16.5. The first-order valence-corrected chi connectivity index (χ1v) is 11.2. The van der Waals surface area contributed by atoms with Crippen LogP contribution in [-0.4, -0.2) is 67.4 Å². The fraction of sp³-hybridized carbons (Fsp3) is 0.423. The Morgan fingerprint density at radius 2 is 1.84 bits per heavy atom. The zero-order valence-electron chi connectivity index (χ0n) is 18.7. The van der Waals surface area contributed by atoms with E-state index >= 15 is 0 Å². The van der Waals surface area contributed by atoms with Gasteiger partial charge in [0.05, 0.1) is 7.11 Å². The topological polar surface area (TPSA) is 48.6 Å². The molecule has 2 aromatic carbocycles. The zero-order chi connectivity index (χ0) is 21.6. The van der Waals surface area contributed by atoms with Gasteiger partial charge in [0.25, 0.3) is 0 Å². The molecule has 1 aromatic heterocycles. The number of H-pyrrole nitrogens is 1. The Balaban J connectivity index is 1.36. The fourth-order valence-corrected chi connectivity index (χ4v) is 4.44. The van der Waals surface area contributed by atoms with Crippen LogP contribution in [0.3, 0.4) is 0 Å². The average molecular weight is 420 g/mol. The molecule has 0 spiro atoms. The molecule has 0 radical (unpaired) electrons. The van der Waals surface area contributed by atoms with Crippen molar-refractivity contribution in [3.05, 3.63) is 65.4 Å². The molecule has 5 nitrogen and oxygen atoms in total. The first-order chi connectivity index (χ1) is 15.1. The van der Waals surface area contributed by atoms with E-state index in [1.165, 1.54) is 16.5 Å². The number of fused-ring (bicyclic) bond motifs is 1. The van der Waals surface area contributed by atoms with Gasteiger partial charge in [0.2, 0.25) is 0 Å². The lowest BCUT2D eigenvalue weighted by molar-refractivity contribution is -0.118. The van der Waals surface area contributed by atoms with Crippen molar-refractivity contribution in [2.75, 3.05) is 46.9 Å². The normalized spacial score (nSPS) is 15.4. The maximum absolute atomic E-state index is 12.6. The number of Topliss-reactive ketones (excluding diaryl/α,β-unsaturated/α-hetero) is 1. The number of hydrogen-bond acceptors (Lipinski definition) is 4. The molecule has 1 N–H and O–H groups in total. The summed E-state index contributed by atoms with van der Waals surface area (Å²) in [6.45, 7) is 5.48. The highest BCUT2D eigenvalue weighted by Crippen LogP contribution is 2.24. The van der Waals surface area contributed by atoms with Gasteiger partial charge in [0, 0.05) is 56.1 Å². The van der Waals surface area contributed by atoms with Crippen molar-refractivity contribution < 1.29 is 9.53 Å². The van der Waals surface area contributed by atoms with E-state index in [1.54, 1.807) is 7.11 Å². The molecule has 5 heteroatoms. The van der Waals surface area contributed by atoms with Crippen molar-refractivity contribution in [1.29, 1.82) is 0 Å². The number of hydrogen-bond donors (Lipinski definition) is 1. The third kappa shape index (κ3) is 5.75. The Morgan fingerprint density at radius 1 is 1.06 bits per heavy atom. The molecule has 1 fully saturated rings. The minimum Gasteiger partial charge on any atom is -0.497 e. The molecule has 0 amide bonds. The predicted octanol–water partition coefficient (Wildman–Crippen LogP) is 3.91. The third-order valence-corrected chi connectivity index (χ3v) is 6.26. The monoisotopic (exact) mass is 419 g/mol. The fourth-order valence-electron chi connectivity index (χ4n) is 4.44. The number of carbonyl (C=O) groups is 1. The largest absolute Gasteiger partial charge is 0.497 e. The number of para-hydroxylation sites is 1. The summed E-state index contributed by atoms with van der Waals surface area (Å²) in [7, 11) is 3.86. The summed E-state index contributed by atoms with van der Waals surface area (Å²) in [5, 5.41) is 1.24. The second-order valence-corrected chi connectivity index (χ2v) is 8.69. The number of benzene rings is 2. The number of carbonyl (C=O) groups excluding carboxylic acids is 1. The van der Waals surface area contributed by atoms with Crippen LogP contribution >= 0.6 is 0 Å². The Kier molecular flexibility index (Phi) is 7.05. The molecule has 0 aliphatic carbocycles. The molecule has 0 unspecified atom stereocenters. The standard InChI is InChI=1S/C26H33N3O2/c1-28-10-12-29(13-11-28)9-5-6-23(30)16-21-14-20(17-24(18-21)31-2)15-22-19-27-26-8-4-3-7-25(22)26/h3-4,7-8,14,17-19,27H,5-6,9-13,15-16H2,1-2H3. The summed E-state index contributed by atoms with van der Waals surface area (Å²) >= 11 is 0. The number of likely N-dealkylation sites (N-methyl/N-ethyl adjacent to an activating group) is 1. The lowest BCUT2D eigenvalue weighted by Gasteiger charge is -2.32. The van der Waals surface area contributed by atoms with Crippen LogP contribution in [0.4, 0.5) is 0 Å². The summed E-state index contributed by atoms with van der Waals surface area (Å²) in [5.41, 5.74) is 4.62. The van der Waals surface area contributed by atoms with Gasteiger partial charge < -0.3 is 19.5 Å². The smallest absolute Gasteiger partial charge is 0.137 e. The lowest BCUT2D eigenvalue weighted by Crippen LogP contribution is -2.44. The van der Waals surface area contributed by atoms with Gasteiger partial charge >= 0.3 is 0 Å². The van der Waals surface area contributed by atoms with Crippen LogP contribution < -0.4 is 4.74 Å². The Labute approximate surface area is 185 Å². The Bertz CT molecular complexity index is 1020. The quantitative estimate of drug-likeness (QED) is 0.571. The van der Waals surface area contributed by atoms with E-state index in [2.05, 4.69) is 58.4 Å². The van der Waals surface area contributed by atoms with E-state index in [-0.39, 0.29) is 0 Å². The van der Waals surface area contributed by atoms with Gasteiger partial charge in [-0.2, -0.15) is 0 Å². The van der Waals surface area contributed by atoms with Crippen LogP contribution in [0.25, 0.3) is 10.9 Å². The number of aromatic amines is 1. The van der Waals surface area contributed by atoms with Gasteiger partial charge in [-0.15, -0.1) is 0 Å². The lowest BCUT2D eigenvalue weighted by atomic mass is 9.98.